The fourth-order valence-electron chi connectivity index (χ4n) is 3.48. The van der Waals surface area contributed by atoms with Gasteiger partial charge in [0.1, 0.15) is 10.8 Å². The number of fused-ring (bicyclic) bond motifs is 1. The number of benzene rings is 2. The van der Waals surface area contributed by atoms with E-state index in [1.807, 2.05) is 23.1 Å². The Hall–Kier alpha value is -3.26. The minimum atomic E-state index is -0.363. The molecular formula is C22H21FN4O2S. The molecule has 4 rings (SSSR count). The van der Waals surface area contributed by atoms with Crippen LogP contribution >= 0.6 is 11.3 Å². The third-order valence-corrected chi connectivity index (χ3v) is 5.79. The van der Waals surface area contributed by atoms with Crippen LogP contribution in [0.1, 0.15) is 17.7 Å². The number of carbonyl (C=O) groups is 2. The minimum Gasteiger partial charge on any atom is -0.362 e. The number of aromatic nitrogens is 1. The number of nitrogens with one attached hydrogen (secondary N) is 2. The molecule has 3 aromatic rings. The number of amides is 2. The Bertz CT molecular complexity index is 1070. The second-order valence-corrected chi connectivity index (χ2v) is 7.94. The summed E-state index contributed by atoms with van der Waals surface area (Å²) in [6.45, 7) is 0.984. The van der Waals surface area contributed by atoms with Crippen LogP contribution in [-0.2, 0) is 22.4 Å². The highest BCUT2D eigenvalue weighted by atomic mass is 32.1. The summed E-state index contributed by atoms with van der Waals surface area (Å²) in [7, 11) is 0. The average molecular weight is 425 g/mol. The van der Waals surface area contributed by atoms with E-state index in [1.54, 1.807) is 17.5 Å². The molecule has 1 aliphatic rings. The van der Waals surface area contributed by atoms with Crippen molar-refractivity contribution in [2.75, 3.05) is 18.0 Å². The van der Waals surface area contributed by atoms with Crippen LogP contribution in [0.15, 0.2) is 53.9 Å². The van der Waals surface area contributed by atoms with E-state index in [2.05, 4.69) is 21.9 Å². The molecule has 0 aliphatic carbocycles. The highest BCUT2D eigenvalue weighted by Crippen LogP contribution is 2.26. The number of aryl methyl sites for hydroxylation is 1. The number of para-hydroxylation sites is 1. The van der Waals surface area contributed by atoms with Gasteiger partial charge >= 0.3 is 0 Å². The van der Waals surface area contributed by atoms with Crippen molar-refractivity contribution in [3.05, 3.63) is 71.0 Å². The van der Waals surface area contributed by atoms with E-state index in [0.717, 1.165) is 25.1 Å². The molecule has 0 fully saturated rings. The zero-order valence-electron chi connectivity index (χ0n) is 16.2. The summed E-state index contributed by atoms with van der Waals surface area (Å²) < 4.78 is 13.4. The van der Waals surface area contributed by atoms with E-state index in [-0.39, 0.29) is 30.6 Å². The molecule has 0 saturated carbocycles. The molecule has 1 aliphatic heterocycles. The van der Waals surface area contributed by atoms with Crippen LogP contribution in [0, 0.1) is 5.82 Å². The topological polar surface area (TPSA) is 74.3 Å². The lowest BCUT2D eigenvalue weighted by molar-refractivity contribution is -0.127. The van der Waals surface area contributed by atoms with E-state index in [9.17, 15) is 14.0 Å². The van der Waals surface area contributed by atoms with Crippen LogP contribution in [0.2, 0.25) is 0 Å². The molecule has 30 heavy (non-hydrogen) atoms. The number of hydrogen-bond acceptors (Lipinski definition) is 5. The van der Waals surface area contributed by atoms with E-state index >= 15 is 0 Å². The smallest absolute Gasteiger partial charge is 0.257 e. The molecular weight excluding hydrogens is 403 g/mol. The van der Waals surface area contributed by atoms with Crippen molar-refractivity contribution in [3.63, 3.8) is 0 Å². The zero-order chi connectivity index (χ0) is 20.9. The summed E-state index contributed by atoms with van der Waals surface area (Å²) in [5, 5.41) is 2.40. The summed E-state index contributed by atoms with van der Waals surface area (Å²) in [6, 6.07) is 14.2. The van der Waals surface area contributed by atoms with Crippen molar-refractivity contribution in [1.82, 2.24) is 15.8 Å². The van der Waals surface area contributed by atoms with Gasteiger partial charge in [0.15, 0.2) is 0 Å². The number of rotatable bonds is 5. The number of halogens is 1. The van der Waals surface area contributed by atoms with E-state index in [0.29, 0.717) is 16.3 Å². The maximum Gasteiger partial charge on any atom is 0.257 e. The molecule has 0 saturated heterocycles. The molecule has 6 nitrogen and oxygen atoms in total. The first-order valence-electron chi connectivity index (χ1n) is 9.69. The first-order chi connectivity index (χ1) is 14.6. The van der Waals surface area contributed by atoms with Crippen LogP contribution < -0.4 is 15.8 Å². The number of carbonyl (C=O) groups excluding carboxylic acids is 2. The van der Waals surface area contributed by atoms with Crippen molar-refractivity contribution >= 4 is 28.8 Å². The second kappa shape index (κ2) is 9.04. The predicted octanol–water partition coefficient (Wildman–Crippen LogP) is 3.09. The van der Waals surface area contributed by atoms with Crippen molar-refractivity contribution < 1.29 is 14.0 Å². The molecule has 2 N–H and O–H groups in total. The van der Waals surface area contributed by atoms with E-state index < -0.39 is 0 Å². The Morgan fingerprint density at radius 2 is 1.93 bits per heavy atom. The van der Waals surface area contributed by atoms with Gasteiger partial charge in [0.2, 0.25) is 5.91 Å². The van der Waals surface area contributed by atoms with E-state index in [4.69, 9.17) is 0 Å². The molecule has 0 atom stereocenters. The average Bonchev–Trinajstić information content (AvgIpc) is 3.21. The van der Waals surface area contributed by atoms with Gasteiger partial charge in [-0.1, -0.05) is 30.3 Å². The van der Waals surface area contributed by atoms with Crippen molar-refractivity contribution in [2.24, 2.45) is 0 Å². The lowest BCUT2D eigenvalue weighted by Crippen LogP contribution is -2.47. The summed E-state index contributed by atoms with van der Waals surface area (Å²) in [4.78, 5) is 30.9. The third-order valence-electron chi connectivity index (χ3n) is 4.85. The van der Waals surface area contributed by atoms with Crippen LogP contribution in [0.5, 0.6) is 0 Å². The Kier molecular flexibility index (Phi) is 6.04. The minimum absolute atomic E-state index is 0.0264. The van der Waals surface area contributed by atoms with Gasteiger partial charge in [-0.2, -0.15) is 0 Å². The maximum atomic E-state index is 13.4. The monoisotopic (exact) mass is 424 g/mol. The van der Waals surface area contributed by atoms with Gasteiger partial charge < -0.3 is 4.90 Å². The maximum absolute atomic E-state index is 13.4. The van der Waals surface area contributed by atoms with Crippen molar-refractivity contribution in [1.29, 1.82) is 0 Å². The fraction of sp³-hybridized carbons (Fsp3) is 0.227. The Morgan fingerprint density at radius 1 is 1.10 bits per heavy atom. The first kappa shape index (κ1) is 20.0. The van der Waals surface area contributed by atoms with Gasteiger partial charge in [0.25, 0.3) is 5.91 Å². The van der Waals surface area contributed by atoms with Crippen molar-refractivity contribution in [2.45, 2.75) is 19.3 Å². The molecule has 1 aromatic heterocycles. The van der Waals surface area contributed by atoms with Gasteiger partial charge in [-0.05, 0) is 36.6 Å². The Labute approximate surface area is 177 Å². The summed E-state index contributed by atoms with van der Waals surface area (Å²) >= 11 is 1.34. The molecule has 2 amide bonds. The number of thiazole rings is 1. The summed E-state index contributed by atoms with van der Waals surface area (Å²) in [5.41, 5.74) is 8.45. The number of nitrogens with zero attached hydrogens (tertiary/aromatic N) is 2. The number of anilines is 1. The Morgan fingerprint density at radius 3 is 2.80 bits per heavy atom. The third kappa shape index (κ3) is 4.83. The highest BCUT2D eigenvalue weighted by molar-refractivity contribution is 7.13. The first-order valence-corrected chi connectivity index (χ1v) is 10.6. The molecule has 154 valence electrons. The largest absolute Gasteiger partial charge is 0.362 e. The van der Waals surface area contributed by atoms with Crippen LogP contribution in [0.3, 0.4) is 0 Å². The molecule has 0 unspecified atom stereocenters. The van der Waals surface area contributed by atoms with Gasteiger partial charge in [0.05, 0.1) is 18.7 Å². The molecule has 2 heterocycles. The van der Waals surface area contributed by atoms with Gasteiger partial charge in [-0.15, -0.1) is 11.3 Å². The van der Waals surface area contributed by atoms with Crippen LogP contribution in [-0.4, -0.2) is 29.9 Å². The molecule has 8 heteroatoms. The van der Waals surface area contributed by atoms with Crippen LogP contribution in [0.25, 0.3) is 10.6 Å². The zero-order valence-corrected chi connectivity index (χ0v) is 17.0. The fourth-order valence-corrected chi connectivity index (χ4v) is 4.30. The lowest BCUT2D eigenvalue weighted by atomic mass is 10.0. The van der Waals surface area contributed by atoms with Crippen LogP contribution in [0.4, 0.5) is 10.1 Å². The SMILES string of the molecule is O=C(Cc1csc(-c2cccc(F)c2)n1)NNC(=O)CN1CCCc2ccccc21. The molecule has 2 aromatic carbocycles. The lowest BCUT2D eigenvalue weighted by Gasteiger charge is -2.30. The van der Waals surface area contributed by atoms with Gasteiger partial charge in [-0.3, -0.25) is 20.4 Å². The standard InChI is InChI=1S/C22H21FN4O2S/c23-17-8-3-6-16(11-17)22-24-18(14-30-22)12-20(28)25-26-21(29)13-27-10-4-7-15-5-1-2-9-19(15)27/h1-3,5-6,8-9,11,14H,4,7,10,12-13H2,(H,25,28)(H,26,29). The number of hydrazine groups is 1. The highest BCUT2D eigenvalue weighted by Gasteiger charge is 2.19. The molecule has 0 radical (unpaired) electrons. The Balaban J connectivity index is 1.28. The van der Waals surface area contributed by atoms with Gasteiger partial charge in [0, 0.05) is 23.2 Å². The second-order valence-electron chi connectivity index (χ2n) is 7.08. The quantitative estimate of drug-likeness (QED) is 0.618. The molecule has 0 spiro atoms. The normalized spacial score (nSPS) is 12.9. The molecule has 0 bridgehead atoms. The van der Waals surface area contributed by atoms with Crippen molar-refractivity contribution in [3.8, 4) is 10.6 Å². The van der Waals surface area contributed by atoms with E-state index in [1.165, 1.54) is 29.0 Å². The van der Waals surface area contributed by atoms with Gasteiger partial charge in [-0.25, -0.2) is 9.37 Å². The predicted molar refractivity (Wildman–Crippen MR) is 114 cm³/mol. The summed E-state index contributed by atoms with van der Waals surface area (Å²) in [6.07, 6.45) is 2.03. The summed E-state index contributed by atoms with van der Waals surface area (Å²) in [5.74, 6) is -0.974. The number of hydrogen-bond donors (Lipinski definition) is 2.